The van der Waals surface area contributed by atoms with Gasteiger partial charge in [0, 0.05) is 18.4 Å². The zero-order valence-corrected chi connectivity index (χ0v) is 15.3. The molecule has 0 fully saturated rings. The first-order valence-corrected chi connectivity index (χ1v) is 8.38. The first kappa shape index (κ1) is 20.8. The maximum atomic E-state index is 13.6. The van der Waals surface area contributed by atoms with Gasteiger partial charge in [-0.3, -0.25) is 4.79 Å². The third kappa shape index (κ3) is 4.54. The van der Waals surface area contributed by atoms with Crippen LogP contribution < -0.4 is 16.0 Å². The number of rotatable bonds is 4. The summed E-state index contributed by atoms with van der Waals surface area (Å²) in [5.74, 6) is -1.78. The molecule has 0 aliphatic rings. The van der Waals surface area contributed by atoms with E-state index < -0.39 is 35.3 Å². The molecule has 0 saturated heterocycles. The maximum Gasteiger partial charge on any atom is 0.435 e. The second-order valence-electron chi connectivity index (χ2n) is 5.91. The molecular weight excluding hydrogens is 408 g/mol. The van der Waals surface area contributed by atoms with Crippen molar-refractivity contribution >= 4 is 23.3 Å². The summed E-state index contributed by atoms with van der Waals surface area (Å²) >= 11 is 0. The van der Waals surface area contributed by atoms with Gasteiger partial charge in [-0.1, -0.05) is 5.21 Å². The number of halogens is 4. The monoisotopic (exact) mass is 422 g/mol. The molecule has 3 amide bonds. The number of carbonyl (C=O) groups is 2. The molecule has 12 heteroatoms. The average Bonchev–Trinajstić information content (AvgIpc) is 3.16. The summed E-state index contributed by atoms with van der Waals surface area (Å²) in [6, 6.07) is 9.31. The second kappa shape index (κ2) is 8.19. The van der Waals surface area contributed by atoms with Crippen LogP contribution in [-0.4, -0.2) is 34.0 Å². The molecule has 3 aromatic rings. The van der Waals surface area contributed by atoms with Crippen molar-refractivity contribution in [1.29, 1.82) is 0 Å². The van der Waals surface area contributed by atoms with Gasteiger partial charge >= 0.3 is 12.2 Å². The molecule has 0 radical (unpaired) electrons. The number of carbonyl (C=O) groups excluding carboxylic acids is 2. The van der Waals surface area contributed by atoms with Gasteiger partial charge in [-0.2, -0.15) is 13.2 Å². The van der Waals surface area contributed by atoms with Crippen molar-refractivity contribution in [3.63, 3.8) is 0 Å². The lowest BCUT2D eigenvalue weighted by Gasteiger charge is -2.11. The van der Waals surface area contributed by atoms with Gasteiger partial charge in [-0.05, 0) is 48.5 Å². The fraction of sp³-hybridized carbons (Fsp3) is 0.111. The predicted molar refractivity (Wildman–Crippen MR) is 98.8 cm³/mol. The van der Waals surface area contributed by atoms with E-state index in [-0.39, 0.29) is 11.4 Å². The Morgan fingerprint density at radius 2 is 1.50 bits per heavy atom. The Kier molecular flexibility index (Phi) is 5.67. The first-order chi connectivity index (χ1) is 14.2. The van der Waals surface area contributed by atoms with Gasteiger partial charge in [-0.15, -0.1) is 5.10 Å². The minimum absolute atomic E-state index is 0.111. The van der Waals surface area contributed by atoms with Crippen LogP contribution in [0.5, 0.6) is 0 Å². The largest absolute Gasteiger partial charge is 0.435 e. The molecular formula is C18H14F4N6O2. The van der Waals surface area contributed by atoms with Crippen LogP contribution in [0.1, 0.15) is 16.2 Å². The Morgan fingerprint density at radius 3 is 2.03 bits per heavy atom. The van der Waals surface area contributed by atoms with Crippen LogP contribution in [0.4, 0.5) is 33.7 Å². The van der Waals surface area contributed by atoms with E-state index >= 15 is 0 Å². The molecule has 8 nitrogen and oxygen atoms in total. The van der Waals surface area contributed by atoms with Crippen molar-refractivity contribution in [3.8, 4) is 5.69 Å². The van der Waals surface area contributed by atoms with Crippen LogP contribution >= 0.6 is 0 Å². The highest BCUT2D eigenvalue weighted by Gasteiger charge is 2.42. The highest BCUT2D eigenvalue weighted by Crippen LogP contribution is 2.33. The average molecular weight is 422 g/mol. The number of nitrogens with zero attached hydrogens (tertiary/aromatic N) is 3. The lowest BCUT2D eigenvalue weighted by atomic mass is 10.2. The molecule has 0 atom stereocenters. The zero-order chi connectivity index (χ0) is 21.9. The molecule has 30 heavy (non-hydrogen) atoms. The maximum absolute atomic E-state index is 13.6. The third-order valence-corrected chi connectivity index (χ3v) is 3.85. The minimum atomic E-state index is -4.95. The van der Waals surface area contributed by atoms with Gasteiger partial charge < -0.3 is 16.0 Å². The van der Waals surface area contributed by atoms with E-state index in [0.717, 1.165) is 24.3 Å². The van der Waals surface area contributed by atoms with Gasteiger partial charge in [-0.25, -0.2) is 13.9 Å². The standard InChI is InChI=1S/C18H14F4N6O2/c1-23-17(30)25-12-6-4-11(5-7-12)24-16(29)14-15(18(20,21)22)28(27-26-14)13-8-2-10(19)3-9-13/h2-9H,1H3,(H,24,29)(H2,23,25,30). The number of amides is 3. The van der Waals surface area contributed by atoms with Gasteiger partial charge in [0.05, 0.1) is 5.69 Å². The lowest BCUT2D eigenvalue weighted by molar-refractivity contribution is -0.143. The molecule has 3 rings (SSSR count). The number of urea groups is 1. The number of hydrogen-bond donors (Lipinski definition) is 3. The fourth-order valence-electron chi connectivity index (χ4n) is 2.47. The molecule has 2 aromatic carbocycles. The Labute approximate surface area is 166 Å². The molecule has 0 bridgehead atoms. The number of hydrogen-bond acceptors (Lipinski definition) is 4. The summed E-state index contributed by atoms with van der Waals surface area (Å²) in [4.78, 5) is 23.7. The van der Waals surface area contributed by atoms with Crippen LogP contribution in [0, 0.1) is 5.82 Å². The van der Waals surface area contributed by atoms with E-state index in [2.05, 4.69) is 26.3 Å². The normalized spacial score (nSPS) is 11.1. The van der Waals surface area contributed by atoms with Crippen LogP contribution in [0.2, 0.25) is 0 Å². The summed E-state index contributed by atoms with van der Waals surface area (Å²) in [7, 11) is 1.43. The van der Waals surface area contributed by atoms with Crippen molar-refractivity contribution in [1.82, 2.24) is 20.3 Å². The van der Waals surface area contributed by atoms with Crippen LogP contribution in [0.3, 0.4) is 0 Å². The SMILES string of the molecule is CNC(=O)Nc1ccc(NC(=O)c2nnn(-c3ccc(F)cc3)c2C(F)(F)F)cc1. The third-order valence-electron chi connectivity index (χ3n) is 3.85. The van der Waals surface area contributed by atoms with E-state index in [9.17, 15) is 27.2 Å². The Bertz CT molecular complexity index is 1060. The number of aromatic nitrogens is 3. The molecule has 0 spiro atoms. The van der Waals surface area contributed by atoms with Crippen molar-refractivity contribution in [3.05, 3.63) is 65.7 Å². The molecule has 3 N–H and O–H groups in total. The van der Waals surface area contributed by atoms with Gasteiger partial charge in [0.15, 0.2) is 11.4 Å². The van der Waals surface area contributed by atoms with Gasteiger partial charge in [0.25, 0.3) is 5.91 Å². The molecule has 156 valence electrons. The van der Waals surface area contributed by atoms with Crippen molar-refractivity contribution in [2.45, 2.75) is 6.18 Å². The fourth-order valence-corrected chi connectivity index (χ4v) is 2.47. The topological polar surface area (TPSA) is 101 Å². The van der Waals surface area contributed by atoms with E-state index in [1.807, 2.05) is 0 Å². The number of anilines is 2. The molecule has 1 aromatic heterocycles. The van der Waals surface area contributed by atoms with Gasteiger partial charge in [0.2, 0.25) is 0 Å². The van der Waals surface area contributed by atoms with E-state index in [1.165, 1.54) is 31.3 Å². The summed E-state index contributed by atoms with van der Waals surface area (Å²) in [6.07, 6.45) is -4.95. The molecule has 0 unspecified atom stereocenters. The quantitative estimate of drug-likeness (QED) is 0.561. The van der Waals surface area contributed by atoms with Crippen LogP contribution in [0.15, 0.2) is 48.5 Å². The summed E-state index contributed by atoms with van der Waals surface area (Å²) in [5.41, 5.74) is -1.87. The molecule has 1 heterocycles. The number of alkyl halides is 3. The van der Waals surface area contributed by atoms with Crippen molar-refractivity contribution in [2.24, 2.45) is 0 Å². The zero-order valence-electron chi connectivity index (χ0n) is 15.3. The molecule has 0 aliphatic heterocycles. The number of benzene rings is 2. The first-order valence-electron chi connectivity index (χ1n) is 8.38. The highest BCUT2D eigenvalue weighted by atomic mass is 19.4. The van der Waals surface area contributed by atoms with E-state index in [4.69, 9.17) is 0 Å². The highest BCUT2D eigenvalue weighted by molar-refractivity contribution is 6.04. The Balaban J connectivity index is 1.87. The Hall–Kier alpha value is -3.96. The van der Waals surface area contributed by atoms with Crippen molar-refractivity contribution in [2.75, 3.05) is 17.7 Å². The molecule has 0 saturated carbocycles. The van der Waals surface area contributed by atoms with E-state index in [0.29, 0.717) is 10.4 Å². The van der Waals surface area contributed by atoms with Crippen molar-refractivity contribution < 1.29 is 27.2 Å². The minimum Gasteiger partial charge on any atom is -0.341 e. The number of nitrogens with one attached hydrogen (secondary N) is 3. The summed E-state index contributed by atoms with van der Waals surface area (Å²) in [5, 5.41) is 13.9. The van der Waals surface area contributed by atoms with Crippen LogP contribution in [-0.2, 0) is 6.18 Å². The van der Waals surface area contributed by atoms with Gasteiger partial charge in [0.1, 0.15) is 5.82 Å². The van der Waals surface area contributed by atoms with Crippen LogP contribution in [0.25, 0.3) is 5.69 Å². The second-order valence-corrected chi connectivity index (χ2v) is 5.91. The van der Waals surface area contributed by atoms with E-state index in [1.54, 1.807) is 0 Å². The summed E-state index contributed by atoms with van der Waals surface area (Å²) < 4.78 is 54.3. The Morgan fingerprint density at radius 1 is 0.933 bits per heavy atom. The smallest absolute Gasteiger partial charge is 0.341 e. The summed E-state index contributed by atoms with van der Waals surface area (Å²) in [6.45, 7) is 0. The lowest BCUT2D eigenvalue weighted by Crippen LogP contribution is -2.24. The predicted octanol–water partition coefficient (Wildman–Crippen LogP) is 3.43. The molecule has 0 aliphatic carbocycles.